The zero-order valence-corrected chi connectivity index (χ0v) is 10.9. The number of unbranched alkanes of at least 4 members (excludes halogenated alkanes) is 1. The molecule has 0 aromatic carbocycles. The molecule has 1 aliphatic rings. The molecule has 88 valence electrons. The van der Waals surface area contributed by atoms with Gasteiger partial charge in [0, 0.05) is 18.8 Å². The highest BCUT2D eigenvalue weighted by Gasteiger charge is 2.09. The number of nitrogens with one attached hydrogen (secondary N) is 1. The van der Waals surface area contributed by atoms with Gasteiger partial charge in [-0.1, -0.05) is 44.9 Å². The van der Waals surface area contributed by atoms with E-state index in [1.54, 1.807) is 0 Å². The highest BCUT2D eigenvalue weighted by atomic mass is 32.2. The minimum Gasteiger partial charge on any atom is -0.365 e. The minimum atomic E-state index is 0.829. The second-order valence-electron chi connectivity index (χ2n) is 4.19. The second kappa shape index (κ2) is 8.03. The largest absolute Gasteiger partial charge is 0.365 e. The van der Waals surface area contributed by atoms with E-state index in [2.05, 4.69) is 24.2 Å². The quantitative estimate of drug-likeness (QED) is 0.754. The standard InChI is InChI=1S/C12H24N2S/c1-3-5-7-11(4-2)10-14-12-13-8-6-9-15-12/h11H,3-10H2,1-2H3,(H,13,14). The normalized spacial score (nSPS) is 18.4. The highest BCUT2D eigenvalue weighted by molar-refractivity contribution is 8.13. The number of thioether (sulfide) groups is 1. The van der Waals surface area contributed by atoms with Gasteiger partial charge in [-0.15, -0.1) is 0 Å². The third kappa shape index (κ3) is 5.45. The summed E-state index contributed by atoms with van der Waals surface area (Å²) in [5.41, 5.74) is 0. The Morgan fingerprint density at radius 2 is 2.33 bits per heavy atom. The average molecular weight is 228 g/mol. The smallest absolute Gasteiger partial charge is 0.156 e. The Hall–Kier alpha value is -0.180. The van der Waals surface area contributed by atoms with Crippen molar-refractivity contribution in [2.45, 2.75) is 46.0 Å². The summed E-state index contributed by atoms with van der Waals surface area (Å²) in [6.07, 6.45) is 6.55. The predicted molar refractivity (Wildman–Crippen MR) is 70.7 cm³/mol. The van der Waals surface area contributed by atoms with Gasteiger partial charge in [-0.3, -0.25) is 4.99 Å². The monoisotopic (exact) mass is 228 g/mol. The summed E-state index contributed by atoms with van der Waals surface area (Å²) in [6.45, 7) is 6.68. The van der Waals surface area contributed by atoms with Crippen molar-refractivity contribution in [3.05, 3.63) is 0 Å². The van der Waals surface area contributed by atoms with Gasteiger partial charge in [-0.05, 0) is 18.8 Å². The Bertz CT molecular complexity index is 192. The first-order chi connectivity index (χ1) is 7.36. The van der Waals surface area contributed by atoms with Crippen molar-refractivity contribution in [1.29, 1.82) is 0 Å². The summed E-state index contributed by atoms with van der Waals surface area (Å²) >= 11 is 1.88. The first kappa shape index (κ1) is 12.9. The lowest BCUT2D eigenvalue weighted by atomic mass is 10.00. The van der Waals surface area contributed by atoms with E-state index >= 15 is 0 Å². The van der Waals surface area contributed by atoms with Crippen LogP contribution in [-0.2, 0) is 0 Å². The molecule has 0 radical (unpaired) electrons. The van der Waals surface area contributed by atoms with Gasteiger partial charge in [0.2, 0.25) is 0 Å². The van der Waals surface area contributed by atoms with Crippen LogP contribution in [0.15, 0.2) is 4.99 Å². The number of hydrogen-bond acceptors (Lipinski definition) is 3. The van der Waals surface area contributed by atoms with E-state index in [4.69, 9.17) is 0 Å². The summed E-state index contributed by atoms with van der Waals surface area (Å²) in [7, 11) is 0. The molecular weight excluding hydrogens is 204 g/mol. The van der Waals surface area contributed by atoms with Gasteiger partial charge >= 0.3 is 0 Å². The minimum absolute atomic E-state index is 0.829. The zero-order valence-electron chi connectivity index (χ0n) is 10.1. The van der Waals surface area contributed by atoms with Crippen LogP contribution in [0.5, 0.6) is 0 Å². The molecule has 15 heavy (non-hydrogen) atoms. The fourth-order valence-corrected chi connectivity index (χ4v) is 2.58. The summed E-state index contributed by atoms with van der Waals surface area (Å²) in [5.74, 6) is 2.06. The Morgan fingerprint density at radius 1 is 1.47 bits per heavy atom. The molecule has 1 N–H and O–H groups in total. The van der Waals surface area contributed by atoms with Crippen molar-refractivity contribution in [1.82, 2.24) is 5.32 Å². The fourth-order valence-electron chi connectivity index (χ4n) is 1.74. The van der Waals surface area contributed by atoms with Crippen LogP contribution >= 0.6 is 11.8 Å². The van der Waals surface area contributed by atoms with Crippen LogP contribution in [0.1, 0.15) is 46.0 Å². The van der Waals surface area contributed by atoms with Crippen molar-refractivity contribution in [2.24, 2.45) is 10.9 Å². The first-order valence-electron chi connectivity index (χ1n) is 6.28. The van der Waals surface area contributed by atoms with Crippen molar-refractivity contribution < 1.29 is 0 Å². The lowest BCUT2D eigenvalue weighted by Crippen LogP contribution is -2.29. The summed E-state index contributed by atoms with van der Waals surface area (Å²) in [5, 5.41) is 4.67. The van der Waals surface area contributed by atoms with Gasteiger partial charge in [0.25, 0.3) is 0 Å². The second-order valence-corrected chi connectivity index (χ2v) is 5.27. The molecule has 0 fully saturated rings. The topological polar surface area (TPSA) is 24.4 Å². The third-order valence-electron chi connectivity index (χ3n) is 2.88. The predicted octanol–water partition coefficient (Wildman–Crippen LogP) is 3.29. The molecule has 2 nitrogen and oxygen atoms in total. The van der Waals surface area contributed by atoms with Crippen LogP contribution in [0, 0.1) is 5.92 Å². The molecule has 0 saturated carbocycles. The molecule has 0 amide bonds. The summed E-state index contributed by atoms with van der Waals surface area (Å²) in [6, 6.07) is 0. The van der Waals surface area contributed by atoms with Gasteiger partial charge in [-0.2, -0.15) is 0 Å². The van der Waals surface area contributed by atoms with Crippen molar-refractivity contribution >= 4 is 16.9 Å². The van der Waals surface area contributed by atoms with E-state index in [1.807, 2.05) is 11.8 Å². The van der Waals surface area contributed by atoms with E-state index in [9.17, 15) is 0 Å². The summed E-state index contributed by atoms with van der Waals surface area (Å²) < 4.78 is 0. The van der Waals surface area contributed by atoms with E-state index < -0.39 is 0 Å². The van der Waals surface area contributed by atoms with E-state index in [1.165, 1.54) is 43.0 Å². The lowest BCUT2D eigenvalue weighted by Gasteiger charge is -2.18. The van der Waals surface area contributed by atoms with E-state index in [0.29, 0.717) is 0 Å². The van der Waals surface area contributed by atoms with Crippen molar-refractivity contribution in [3.8, 4) is 0 Å². The molecule has 0 aromatic rings. The average Bonchev–Trinajstić information content (AvgIpc) is 2.31. The van der Waals surface area contributed by atoms with E-state index in [0.717, 1.165) is 19.0 Å². The molecule has 1 unspecified atom stereocenters. The molecule has 0 bridgehead atoms. The van der Waals surface area contributed by atoms with Gasteiger partial charge in [0.05, 0.1) is 0 Å². The molecule has 1 atom stereocenters. The van der Waals surface area contributed by atoms with Crippen molar-refractivity contribution in [3.63, 3.8) is 0 Å². The molecule has 1 heterocycles. The van der Waals surface area contributed by atoms with Gasteiger partial charge in [0.15, 0.2) is 5.17 Å². The number of hydrogen-bond donors (Lipinski definition) is 1. The summed E-state index contributed by atoms with van der Waals surface area (Å²) in [4.78, 5) is 4.48. The molecule has 1 rings (SSSR count). The molecular formula is C12H24N2S. The van der Waals surface area contributed by atoms with Gasteiger partial charge in [-0.25, -0.2) is 0 Å². The zero-order chi connectivity index (χ0) is 10.9. The Balaban J connectivity index is 2.17. The lowest BCUT2D eigenvalue weighted by molar-refractivity contribution is 0.446. The van der Waals surface area contributed by atoms with Crippen LogP contribution in [0.25, 0.3) is 0 Å². The Kier molecular flexibility index (Phi) is 6.90. The van der Waals surface area contributed by atoms with Crippen LogP contribution in [0.2, 0.25) is 0 Å². The number of nitrogens with zero attached hydrogens (tertiary/aromatic N) is 1. The van der Waals surface area contributed by atoms with Crippen molar-refractivity contribution in [2.75, 3.05) is 18.8 Å². The van der Waals surface area contributed by atoms with Crippen LogP contribution < -0.4 is 5.32 Å². The molecule has 0 saturated heterocycles. The first-order valence-corrected chi connectivity index (χ1v) is 7.26. The molecule has 0 aliphatic carbocycles. The van der Waals surface area contributed by atoms with Gasteiger partial charge < -0.3 is 5.32 Å². The number of aliphatic imine (C=N–C) groups is 1. The molecule has 0 spiro atoms. The third-order valence-corrected chi connectivity index (χ3v) is 3.92. The Morgan fingerprint density at radius 3 is 2.93 bits per heavy atom. The molecule has 0 aromatic heterocycles. The fraction of sp³-hybridized carbons (Fsp3) is 0.917. The number of rotatable bonds is 6. The highest BCUT2D eigenvalue weighted by Crippen LogP contribution is 2.14. The Labute approximate surface area is 98.3 Å². The van der Waals surface area contributed by atoms with Crippen LogP contribution in [0.3, 0.4) is 0 Å². The SMILES string of the molecule is CCCCC(CC)CNC1=NCCCS1. The van der Waals surface area contributed by atoms with E-state index in [-0.39, 0.29) is 0 Å². The van der Waals surface area contributed by atoms with Crippen LogP contribution in [-0.4, -0.2) is 24.0 Å². The van der Waals surface area contributed by atoms with Gasteiger partial charge in [0.1, 0.15) is 0 Å². The van der Waals surface area contributed by atoms with Crippen LogP contribution in [0.4, 0.5) is 0 Å². The maximum absolute atomic E-state index is 4.48. The molecule has 1 aliphatic heterocycles. The molecule has 3 heteroatoms. The maximum atomic E-state index is 4.48. The maximum Gasteiger partial charge on any atom is 0.156 e. The number of amidine groups is 1.